The summed E-state index contributed by atoms with van der Waals surface area (Å²) < 4.78 is 8.27. The highest BCUT2D eigenvalue weighted by molar-refractivity contribution is 9.10. The third-order valence-corrected chi connectivity index (χ3v) is 4.39. The highest BCUT2D eigenvalue weighted by Crippen LogP contribution is 2.26. The normalized spacial score (nSPS) is 12.8. The van der Waals surface area contributed by atoms with E-state index in [-0.39, 0.29) is 0 Å². The van der Waals surface area contributed by atoms with Crippen LogP contribution in [-0.2, 0) is 11.3 Å². The molecule has 1 N–H and O–H groups in total. The van der Waals surface area contributed by atoms with E-state index in [1.807, 2.05) is 22.6 Å². The molecule has 4 nitrogen and oxygen atoms in total. The molecule has 0 saturated carbocycles. The van der Waals surface area contributed by atoms with Crippen molar-refractivity contribution in [2.24, 2.45) is 0 Å². The summed E-state index contributed by atoms with van der Waals surface area (Å²) in [6.45, 7) is 6.88. The number of halogens is 1. The van der Waals surface area contributed by atoms with E-state index in [0.29, 0.717) is 12.6 Å². The molecule has 0 aliphatic carbocycles. The molecule has 1 rings (SSSR count). The number of hydrogen-bond donors (Lipinski definition) is 1. The molecule has 19 heavy (non-hydrogen) atoms. The minimum atomic E-state index is 0.332. The second-order valence-electron chi connectivity index (χ2n) is 4.26. The van der Waals surface area contributed by atoms with Crippen LogP contribution in [0.3, 0.4) is 0 Å². The number of rotatable bonds is 10. The fraction of sp³-hybridized carbons (Fsp3) is 0.769. The predicted molar refractivity (Wildman–Crippen MR) is 85.8 cm³/mol. The molecule has 1 unspecified atom stereocenters. The van der Waals surface area contributed by atoms with Crippen molar-refractivity contribution in [1.82, 2.24) is 15.1 Å². The summed E-state index contributed by atoms with van der Waals surface area (Å²) in [5, 5.41) is 8.04. The third kappa shape index (κ3) is 5.45. The molecule has 0 aromatic carbocycles. The Morgan fingerprint density at radius 1 is 1.53 bits per heavy atom. The minimum Gasteiger partial charge on any atom is -0.383 e. The Morgan fingerprint density at radius 3 is 2.95 bits per heavy atom. The number of nitrogens with zero attached hydrogens (tertiary/aromatic N) is 2. The van der Waals surface area contributed by atoms with Gasteiger partial charge in [0.05, 0.1) is 35.6 Å². The standard InChI is InChI=1S/C13H24BrN3OS/c1-4-6-15-12(10-19-5-2)13-11(14)9-16-17(13)7-8-18-3/h9,12,15H,4-8,10H2,1-3H3. The molecular formula is C13H24BrN3OS. The number of nitrogens with one attached hydrogen (secondary N) is 1. The second-order valence-corrected chi connectivity index (χ2v) is 6.43. The molecule has 0 spiro atoms. The zero-order valence-corrected chi connectivity index (χ0v) is 14.4. The van der Waals surface area contributed by atoms with Crippen LogP contribution in [0.5, 0.6) is 0 Å². The maximum absolute atomic E-state index is 5.15. The summed E-state index contributed by atoms with van der Waals surface area (Å²) in [6.07, 6.45) is 3.01. The molecular weight excluding hydrogens is 326 g/mol. The number of aromatic nitrogens is 2. The van der Waals surface area contributed by atoms with Gasteiger partial charge >= 0.3 is 0 Å². The SMILES string of the molecule is CCCNC(CSCC)c1c(Br)cnn1CCOC. The first-order valence-electron chi connectivity index (χ1n) is 6.75. The zero-order valence-electron chi connectivity index (χ0n) is 12.0. The maximum atomic E-state index is 5.15. The van der Waals surface area contributed by atoms with E-state index in [2.05, 4.69) is 40.2 Å². The van der Waals surface area contributed by atoms with Gasteiger partial charge in [0.1, 0.15) is 0 Å². The number of thioether (sulfide) groups is 1. The lowest BCUT2D eigenvalue weighted by Gasteiger charge is -2.20. The van der Waals surface area contributed by atoms with E-state index in [4.69, 9.17) is 4.74 Å². The molecule has 6 heteroatoms. The van der Waals surface area contributed by atoms with Crippen molar-refractivity contribution >= 4 is 27.7 Å². The van der Waals surface area contributed by atoms with Crippen molar-refractivity contribution in [2.75, 3.05) is 31.8 Å². The van der Waals surface area contributed by atoms with Crippen LogP contribution in [0.15, 0.2) is 10.7 Å². The van der Waals surface area contributed by atoms with Gasteiger partial charge in [-0.1, -0.05) is 13.8 Å². The number of ether oxygens (including phenoxy) is 1. The van der Waals surface area contributed by atoms with Crippen LogP contribution < -0.4 is 5.32 Å². The van der Waals surface area contributed by atoms with Gasteiger partial charge in [-0.25, -0.2) is 0 Å². The largest absolute Gasteiger partial charge is 0.383 e. The topological polar surface area (TPSA) is 39.1 Å². The summed E-state index contributed by atoms with van der Waals surface area (Å²) in [5.74, 6) is 2.20. The van der Waals surface area contributed by atoms with Gasteiger partial charge in [-0.05, 0) is 34.6 Å². The van der Waals surface area contributed by atoms with E-state index < -0.39 is 0 Å². The molecule has 1 aromatic rings. The van der Waals surface area contributed by atoms with Crippen molar-refractivity contribution in [1.29, 1.82) is 0 Å². The Hall–Kier alpha value is -0.0400. The third-order valence-electron chi connectivity index (χ3n) is 2.80. The summed E-state index contributed by atoms with van der Waals surface area (Å²) >= 11 is 5.57. The Bertz CT molecular complexity index is 352. The average Bonchev–Trinajstić information content (AvgIpc) is 2.78. The second kappa shape index (κ2) is 9.80. The number of methoxy groups -OCH3 is 1. The molecule has 0 amide bonds. The Kier molecular flexibility index (Phi) is 8.77. The molecule has 0 aliphatic rings. The summed E-state index contributed by atoms with van der Waals surface area (Å²) in [5.41, 5.74) is 1.23. The highest BCUT2D eigenvalue weighted by Gasteiger charge is 2.19. The molecule has 1 aromatic heterocycles. The monoisotopic (exact) mass is 349 g/mol. The molecule has 1 heterocycles. The van der Waals surface area contributed by atoms with Crippen LogP contribution in [0, 0.1) is 0 Å². The van der Waals surface area contributed by atoms with Gasteiger partial charge in [0.2, 0.25) is 0 Å². The first kappa shape index (κ1) is 17.0. The van der Waals surface area contributed by atoms with Crippen molar-refractivity contribution in [3.8, 4) is 0 Å². The van der Waals surface area contributed by atoms with Crippen LogP contribution in [0.25, 0.3) is 0 Å². The lowest BCUT2D eigenvalue weighted by molar-refractivity contribution is 0.181. The Labute approximate surface area is 128 Å². The van der Waals surface area contributed by atoms with Gasteiger partial charge in [0.15, 0.2) is 0 Å². The molecule has 0 aliphatic heterocycles. The van der Waals surface area contributed by atoms with Gasteiger partial charge in [-0.3, -0.25) is 4.68 Å². The fourth-order valence-electron chi connectivity index (χ4n) is 1.86. The van der Waals surface area contributed by atoms with E-state index in [1.54, 1.807) is 7.11 Å². The van der Waals surface area contributed by atoms with Crippen LogP contribution >= 0.6 is 27.7 Å². The molecule has 1 atom stereocenters. The van der Waals surface area contributed by atoms with Crippen LogP contribution in [-0.4, -0.2) is 41.5 Å². The molecule has 0 saturated heterocycles. The first-order chi connectivity index (χ1) is 9.24. The van der Waals surface area contributed by atoms with Crippen molar-refractivity contribution in [3.63, 3.8) is 0 Å². The summed E-state index contributed by atoms with van der Waals surface area (Å²) in [6, 6.07) is 0.332. The van der Waals surface area contributed by atoms with E-state index >= 15 is 0 Å². The van der Waals surface area contributed by atoms with E-state index in [1.165, 1.54) is 5.69 Å². The van der Waals surface area contributed by atoms with Gasteiger partial charge in [-0.15, -0.1) is 0 Å². The summed E-state index contributed by atoms with van der Waals surface area (Å²) in [4.78, 5) is 0. The lowest BCUT2D eigenvalue weighted by Crippen LogP contribution is -2.27. The summed E-state index contributed by atoms with van der Waals surface area (Å²) in [7, 11) is 1.72. The van der Waals surface area contributed by atoms with E-state index in [9.17, 15) is 0 Å². The lowest BCUT2D eigenvalue weighted by atomic mass is 10.2. The van der Waals surface area contributed by atoms with Gasteiger partial charge in [0.25, 0.3) is 0 Å². The molecule has 0 fully saturated rings. The van der Waals surface area contributed by atoms with Crippen molar-refractivity contribution in [3.05, 3.63) is 16.4 Å². The minimum absolute atomic E-state index is 0.332. The average molecular weight is 350 g/mol. The fourth-order valence-corrected chi connectivity index (χ4v) is 3.18. The quantitative estimate of drug-likeness (QED) is 0.704. The van der Waals surface area contributed by atoms with Gasteiger partial charge in [0, 0.05) is 12.9 Å². The Balaban J connectivity index is 2.82. The molecule has 110 valence electrons. The smallest absolute Gasteiger partial charge is 0.0705 e. The Morgan fingerprint density at radius 2 is 2.32 bits per heavy atom. The molecule has 0 radical (unpaired) electrons. The van der Waals surface area contributed by atoms with Crippen LogP contribution in [0.1, 0.15) is 32.0 Å². The highest BCUT2D eigenvalue weighted by atomic mass is 79.9. The van der Waals surface area contributed by atoms with Crippen molar-refractivity contribution < 1.29 is 4.74 Å². The predicted octanol–water partition coefficient (Wildman–Crippen LogP) is 3.09. The first-order valence-corrected chi connectivity index (χ1v) is 8.70. The number of hydrogen-bond acceptors (Lipinski definition) is 4. The van der Waals surface area contributed by atoms with E-state index in [0.717, 1.165) is 35.5 Å². The van der Waals surface area contributed by atoms with Crippen LogP contribution in [0.4, 0.5) is 0 Å². The van der Waals surface area contributed by atoms with Crippen molar-refractivity contribution in [2.45, 2.75) is 32.9 Å². The molecule has 0 bridgehead atoms. The zero-order chi connectivity index (χ0) is 14.1. The van der Waals surface area contributed by atoms with Gasteiger partial charge < -0.3 is 10.1 Å². The maximum Gasteiger partial charge on any atom is 0.0705 e. The van der Waals surface area contributed by atoms with Gasteiger partial charge in [-0.2, -0.15) is 16.9 Å². The van der Waals surface area contributed by atoms with Crippen LogP contribution in [0.2, 0.25) is 0 Å².